The van der Waals surface area contributed by atoms with Gasteiger partial charge in [0.1, 0.15) is 4.21 Å². The first-order chi connectivity index (χ1) is 15.4. The van der Waals surface area contributed by atoms with Gasteiger partial charge in [-0.15, -0.1) is 11.3 Å². The number of aromatic nitrogens is 2. The Labute approximate surface area is 192 Å². The molecule has 0 aromatic carbocycles. The summed E-state index contributed by atoms with van der Waals surface area (Å²) in [6, 6.07) is 11.3. The molecule has 0 spiro atoms. The predicted molar refractivity (Wildman–Crippen MR) is 128 cm³/mol. The van der Waals surface area contributed by atoms with Crippen LogP contribution < -0.4 is 10.9 Å². The number of piperazine rings is 1. The lowest BCUT2D eigenvalue weighted by Gasteiger charge is -2.32. The average Bonchev–Trinajstić information content (AvgIpc) is 3.29. The smallest absolute Gasteiger partial charge is 0.252 e. The Morgan fingerprint density at radius 1 is 1.25 bits per heavy atom. The largest absolute Gasteiger partial charge is 0.326 e. The lowest BCUT2D eigenvalue weighted by molar-refractivity contribution is 0.289. The van der Waals surface area contributed by atoms with Crippen molar-refractivity contribution in [2.24, 2.45) is 0 Å². The maximum absolute atomic E-state index is 13.4. The second-order valence-corrected chi connectivity index (χ2v) is 11.3. The molecule has 170 valence electrons. The van der Waals surface area contributed by atoms with Crippen molar-refractivity contribution >= 4 is 21.4 Å². The summed E-state index contributed by atoms with van der Waals surface area (Å²) in [5, 5.41) is 3.43. The van der Waals surface area contributed by atoms with E-state index >= 15 is 0 Å². The fourth-order valence-corrected chi connectivity index (χ4v) is 7.08. The highest BCUT2D eigenvalue weighted by Gasteiger charge is 2.31. The molecule has 2 N–H and O–H groups in total. The quantitative estimate of drug-likeness (QED) is 0.551. The number of hydrogen-bond donors (Lipinski definition) is 2. The van der Waals surface area contributed by atoms with Crippen molar-refractivity contribution in [2.75, 3.05) is 19.6 Å². The first-order valence-corrected chi connectivity index (χ1v) is 13.1. The highest BCUT2D eigenvalue weighted by Crippen LogP contribution is 2.34. The number of nitrogens with one attached hydrogen (secondary N) is 2. The molecule has 0 aliphatic carbocycles. The molecule has 1 atom stereocenters. The molecule has 7 nitrogen and oxygen atoms in total. The normalized spacial score (nSPS) is 17.5. The SMILES string of the molecule is CCc1c(-c2ccc(S(=O)(=O)N3CCNC(CCc4ccccn4)C3)s2)cc(C)[nH]c1=O. The van der Waals surface area contributed by atoms with Crippen molar-refractivity contribution in [1.82, 2.24) is 19.6 Å². The topological polar surface area (TPSA) is 95.2 Å². The van der Waals surface area contributed by atoms with Crippen LogP contribution in [-0.2, 0) is 22.9 Å². The molecule has 3 aromatic heterocycles. The van der Waals surface area contributed by atoms with E-state index in [0.29, 0.717) is 35.8 Å². The zero-order chi connectivity index (χ0) is 22.7. The van der Waals surface area contributed by atoms with Crippen molar-refractivity contribution in [3.8, 4) is 10.4 Å². The van der Waals surface area contributed by atoms with Crippen molar-refractivity contribution in [3.63, 3.8) is 0 Å². The monoisotopic (exact) mass is 472 g/mol. The van der Waals surface area contributed by atoms with Crippen molar-refractivity contribution in [2.45, 2.75) is 43.4 Å². The van der Waals surface area contributed by atoms with E-state index in [1.807, 2.05) is 44.2 Å². The van der Waals surface area contributed by atoms with Gasteiger partial charge >= 0.3 is 0 Å². The summed E-state index contributed by atoms with van der Waals surface area (Å²) in [5.74, 6) is 0. The fourth-order valence-electron chi connectivity index (χ4n) is 4.09. The minimum Gasteiger partial charge on any atom is -0.326 e. The van der Waals surface area contributed by atoms with Crippen LogP contribution in [0.1, 0.15) is 30.3 Å². The van der Waals surface area contributed by atoms with E-state index in [4.69, 9.17) is 0 Å². The van der Waals surface area contributed by atoms with E-state index < -0.39 is 10.0 Å². The second kappa shape index (κ2) is 9.66. The molecule has 32 heavy (non-hydrogen) atoms. The number of H-pyrrole nitrogens is 1. The predicted octanol–water partition coefficient (Wildman–Crippen LogP) is 2.96. The third-order valence-electron chi connectivity index (χ3n) is 5.76. The third kappa shape index (κ3) is 4.85. The minimum absolute atomic E-state index is 0.0852. The Morgan fingerprint density at radius 3 is 2.84 bits per heavy atom. The molecule has 1 aliphatic heterocycles. The molecule has 0 saturated carbocycles. The molecule has 0 amide bonds. The summed E-state index contributed by atoms with van der Waals surface area (Å²) in [4.78, 5) is 20.3. The molecule has 0 bridgehead atoms. The first-order valence-electron chi connectivity index (χ1n) is 10.8. The van der Waals surface area contributed by atoms with E-state index in [1.165, 1.54) is 11.3 Å². The number of hydrogen-bond acceptors (Lipinski definition) is 6. The van der Waals surface area contributed by atoms with Gasteiger partial charge in [0.15, 0.2) is 0 Å². The summed E-state index contributed by atoms with van der Waals surface area (Å²) < 4.78 is 28.6. The Morgan fingerprint density at radius 2 is 2.09 bits per heavy atom. The van der Waals surface area contributed by atoms with Gasteiger partial charge in [0.05, 0.1) is 0 Å². The van der Waals surface area contributed by atoms with Crippen molar-refractivity contribution in [3.05, 3.63) is 69.9 Å². The third-order valence-corrected chi connectivity index (χ3v) is 9.21. The van der Waals surface area contributed by atoms with Crippen LogP contribution in [0, 0.1) is 6.92 Å². The Kier molecular flexibility index (Phi) is 6.90. The molecular formula is C23H28N4O3S2. The molecule has 1 fully saturated rings. The fraction of sp³-hybridized carbons (Fsp3) is 0.391. The van der Waals surface area contributed by atoms with Gasteiger partial charge in [-0.3, -0.25) is 9.78 Å². The van der Waals surface area contributed by atoms with Gasteiger partial charge in [0.2, 0.25) is 0 Å². The number of aromatic amines is 1. The van der Waals surface area contributed by atoms with E-state index in [9.17, 15) is 13.2 Å². The standard InChI is InChI=1S/C23H28N4O3S2/c1-3-19-20(14-16(2)26-23(19)28)21-9-10-22(31-21)32(29,30)27-13-12-25-18(15-27)8-7-17-6-4-5-11-24-17/h4-6,9-11,14,18,25H,3,7-8,12-13,15H2,1-2H3,(H,26,28). The van der Waals surface area contributed by atoms with Crippen molar-refractivity contribution < 1.29 is 8.42 Å². The van der Waals surface area contributed by atoms with Crippen LogP contribution in [0.25, 0.3) is 10.4 Å². The summed E-state index contributed by atoms with van der Waals surface area (Å²) in [6.45, 7) is 5.27. The van der Waals surface area contributed by atoms with Crippen LogP contribution in [0.5, 0.6) is 0 Å². The molecule has 3 aromatic rings. The average molecular weight is 473 g/mol. The number of thiophene rings is 1. The number of nitrogens with zero attached hydrogens (tertiary/aromatic N) is 2. The lowest BCUT2D eigenvalue weighted by atomic mass is 10.1. The molecular weight excluding hydrogens is 444 g/mol. The molecule has 1 unspecified atom stereocenters. The highest BCUT2D eigenvalue weighted by atomic mass is 32.2. The van der Waals surface area contributed by atoms with Gasteiger partial charge < -0.3 is 10.3 Å². The summed E-state index contributed by atoms with van der Waals surface area (Å²) in [6.07, 6.45) is 3.99. The van der Waals surface area contributed by atoms with Crippen LogP contribution >= 0.6 is 11.3 Å². The summed E-state index contributed by atoms with van der Waals surface area (Å²) in [5.41, 5.74) is 3.15. The number of aryl methyl sites for hydroxylation is 2. The number of pyridine rings is 2. The molecule has 4 heterocycles. The van der Waals surface area contributed by atoms with Gasteiger partial charge in [0.25, 0.3) is 15.6 Å². The molecule has 1 saturated heterocycles. The van der Waals surface area contributed by atoms with Gasteiger partial charge in [-0.2, -0.15) is 4.31 Å². The number of sulfonamides is 1. The summed E-state index contributed by atoms with van der Waals surface area (Å²) in [7, 11) is -3.59. The lowest BCUT2D eigenvalue weighted by Crippen LogP contribution is -2.52. The molecule has 9 heteroatoms. The van der Waals surface area contributed by atoms with Gasteiger partial charge in [-0.1, -0.05) is 13.0 Å². The Balaban J connectivity index is 1.52. The molecule has 4 rings (SSSR count). The van der Waals surface area contributed by atoms with E-state index in [-0.39, 0.29) is 11.6 Å². The Bertz CT molecular complexity index is 1240. The highest BCUT2D eigenvalue weighted by molar-refractivity contribution is 7.91. The zero-order valence-electron chi connectivity index (χ0n) is 18.3. The molecule has 1 aliphatic rings. The maximum Gasteiger partial charge on any atom is 0.252 e. The Hall–Kier alpha value is -2.33. The van der Waals surface area contributed by atoms with Gasteiger partial charge in [-0.25, -0.2) is 8.42 Å². The zero-order valence-corrected chi connectivity index (χ0v) is 19.9. The van der Waals surface area contributed by atoms with Crippen LogP contribution in [0.15, 0.2) is 51.6 Å². The van der Waals surface area contributed by atoms with E-state index in [1.54, 1.807) is 16.6 Å². The summed E-state index contributed by atoms with van der Waals surface area (Å²) >= 11 is 1.23. The number of rotatable bonds is 7. The minimum atomic E-state index is -3.59. The van der Waals surface area contributed by atoms with Crippen LogP contribution in [-0.4, -0.2) is 48.4 Å². The maximum atomic E-state index is 13.4. The molecule has 0 radical (unpaired) electrons. The van der Waals surface area contributed by atoms with Crippen LogP contribution in [0.2, 0.25) is 0 Å². The first kappa shape index (κ1) is 22.8. The van der Waals surface area contributed by atoms with Gasteiger partial charge in [-0.05, 0) is 56.5 Å². The second-order valence-electron chi connectivity index (χ2n) is 8.02. The van der Waals surface area contributed by atoms with Gasteiger partial charge in [0, 0.05) is 59.3 Å². The van der Waals surface area contributed by atoms with E-state index in [2.05, 4.69) is 15.3 Å². The van der Waals surface area contributed by atoms with E-state index in [0.717, 1.165) is 34.7 Å². The van der Waals surface area contributed by atoms with Crippen LogP contribution in [0.3, 0.4) is 0 Å². The van der Waals surface area contributed by atoms with Crippen molar-refractivity contribution in [1.29, 1.82) is 0 Å². The van der Waals surface area contributed by atoms with Crippen LogP contribution in [0.4, 0.5) is 0 Å².